The van der Waals surface area contributed by atoms with E-state index in [0.717, 1.165) is 0 Å². The summed E-state index contributed by atoms with van der Waals surface area (Å²) in [5.41, 5.74) is 0. The fraction of sp³-hybridized carbons (Fsp3) is 0.667. The summed E-state index contributed by atoms with van der Waals surface area (Å²) < 4.78 is 61.3. The molecule has 1 heterocycles. The van der Waals surface area contributed by atoms with Crippen molar-refractivity contribution in [3.8, 4) is 12.3 Å². The Labute approximate surface area is 73.0 Å². The highest BCUT2D eigenvalue weighted by molar-refractivity contribution is 7.87. The third-order valence-corrected chi connectivity index (χ3v) is 2.80. The molecule has 0 amide bonds. The van der Waals surface area contributed by atoms with Crippen molar-refractivity contribution in [2.75, 3.05) is 5.75 Å². The highest BCUT2D eigenvalue weighted by Crippen LogP contribution is 2.35. The van der Waals surface area contributed by atoms with Gasteiger partial charge < -0.3 is 0 Å². The molecule has 1 rings (SSSR count). The lowest BCUT2D eigenvalue weighted by Crippen LogP contribution is -2.33. The smallest absolute Gasteiger partial charge is 0.256 e. The van der Waals surface area contributed by atoms with Gasteiger partial charge in [0.05, 0.1) is 11.7 Å². The van der Waals surface area contributed by atoms with Crippen molar-refractivity contribution in [2.24, 2.45) is 5.92 Å². The molecule has 0 radical (unpaired) electrons. The Morgan fingerprint density at radius 1 is 1.46 bits per heavy atom. The molecule has 0 aliphatic carbocycles. The second-order valence-electron chi connectivity index (χ2n) is 2.56. The molecule has 0 aromatic heterocycles. The van der Waals surface area contributed by atoms with Crippen LogP contribution < -0.4 is 0 Å². The molecule has 7 heteroatoms. The molecule has 0 saturated carbocycles. The molecule has 13 heavy (non-hydrogen) atoms. The number of terminal acetylenes is 1. The van der Waals surface area contributed by atoms with Gasteiger partial charge in [-0.05, 0) is 0 Å². The van der Waals surface area contributed by atoms with Gasteiger partial charge >= 0.3 is 6.18 Å². The van der Waals surface area contributed by atoms with Gasteiger partial charge in [-0.25, -0.2) is 0 Å². The summed E-state index contributed by atoms with van der Waals surface area (Å²) in [5, 5.41) is 0. The first-order chi connectivity index (χ1) is 5.76. The Morgan fingerprint density at radius 3 is 2.31 bits per heavy atom. The van der Waals surface area contributed by atoms with Crippen LogP contribution in [0.1, 0.15) is 0 Å². The van der Waals surface area contributed by atoms with E-state index in [1.54, 1.807) is 5.92 Å². The summed E-state index contributed by atoms with van der Waals surface area (Å²) in [6, 6.07) is 0. The molecule has 2 atom stereocenters. The largest absolute Gasteiger partial charge is 0.417 e. The summed E-state index contributed by atoms with van der Waals surface area (Å²) in [4.78, 5) is 0. The molecule has 1 aliphatic heterocycles. The van der Waals surface area contributed by atoms with Crippen molar-refractivity contribution in [1.29, 1.82) is 0 Å². The average molecular weight is 214 g/mol. The molecule has 0 aromatic carbocycles. The van der Waals surface area contributed by atoms with E-state index in [1.807, 2.05) is 0 Å². The second-order valence-corrected chi connectivity index (χ2v) is 4.20. The van der Waals surface area contributed by atoms with Crippen LogP contribution in [0.25, 0.3) is 0 Å². The van der Waals surface area contributed by atoms with Crippen LogP contribution in [-0.4, -0.2) is 26.5 Å². The van der Waals surface area contributed by atoms with Crippen LogP contribution in [0.2, 0.25) is 0 Å². The van der Waals surface area contributed by atoms with Crippen molar-refractivity contribution in [2.45, 2.75) is 12.3 Å². The number of halogens is 3. The minimum absolute atomic E-state index is 0.770. The maximum Gasteiger partial charge on any atom is 0.417 e. The van der Waals surface area contributed by atoms with E-state index < -0.39 is 34.1 Å². The minimum Gasteiger partial charge on any atom is -0.256 e. The second kappa shape index (κ2) is 2.89. The van der Waals surface area contributed by atoms with Crippen molar-refractivity contribution in [3.63, 3.8) is 0 Å². The molecule has 1 aliphatic rings. The first-order valence-corrected chi connectivity index (χ1v) is 4.78. The molecule has 1 fully saturated rings. The van der Waals surface area contributed by atoms with Crippen LogP contribution in [-0.2, 0) is 14.3 Å². The Bertz CT molecular complexity index is 337. The van der Waals surface area contributed by atoms with Crippen molar-refractivity contribution >= 4 is 10.1 Å². The van der Waals surface area contributed by atoms with Gasteiger partial charge in [0.25, 0.3) is 10.1 Å². The zero-order valence-corrected chi connectivity index (χ0v) is 7.02. The van der Waals surface area contributed by atoms with Crippen molar-refractivity contribution < 1.29 is 25.8 Å². The van der Waals surface area contributed by atoms with Gasteiger partial charge in [-0.2, -0.15) is 21.6 Å². The van der Waals surface area contributed by atoms with Crippen LogP contribution in [0.3, 0.4) is 0 Å². The Hall–Kier alpha value is -0.740. The topological polar surface area (TPSA) is 43.4 Å². The molecular weight excluding hydrogens is 209 g/mol. The monoisotopic (exact) mass is 214 g/mol. The van der Waals surface area contributed by atoms with Crippen LogP contribution in [0.5, 0.6) is 0 Å². The lowest BCUT2D eigenvalue weighted by atomic mass is 10.1. The summed E-state index contributed by atoms with van der Waals surface area (Å²) in [5.74, 6) is -0.458. The van der Waals surface area contributed by atoms with Gasteiger partial charge in [-0.3, -0.25) is 4.18 Å². The zero-order chi connectivity index (χ0) is 10.3. The van der Waals surface area contributed by atoms with Crippen LogP contribution in [0, 0.1) is 18.3 Å². The van der Waals surface area contributed by atoms with E-state index in [1.165, 1.54) is 0 Å². The number of hydrogen-bond acceptors (Lipinski definition) is 3. The molecular formula is C6H5F3O3S. The number of hydrogen-bond donors (Lipinski definition) is 0. The van der Waals surface area contributed by atoms with E-state index in [0.29, 0.717) is 0 Å². The predicted octanol–water partition coefficient (Wildman–Crippen LogP) is 0.527. The highest BCUT2D eigenvalue weighted by Gasteiger charge is 2.53. The first-order valence-electron chi connectivity index (χ1n) is 3.20. The molecule has 74 valence electrons. The third-order valence-electron chi connectivity index (χ3n) is 1.54. The standard InChI is InChI=1S/C6H5F3O3S/c1-2-4-3-13(10,11)12-5(4)6(7,8)9/h1,4-5H,3H2. The zero-order valence-electron chi connectivity index (χ0n) is 6.21. The summed E-state index contributed by atoms with van der Waals surface area (Å²) in [6.07, 6.45) is -2.37. The molecule has 0 aromatic rings. The number of rotatable bonds is 0. The Kier molecular flexibility index (Phi) is 2.30. The fourth-order valence-corrected chi connectivity index (χ4v) is 2.34. The molecule has 0 N–H and O–H groups in total. The predicted molar refractivity (Wildman–Crippen MR) is 37.0 cm³/mol. The van der Waals surface area contributed by atoms with Gasteiger partial charge in [0.15, 0.2) is 6.10 Å². The van der Waals surface area contributed by atoms with Crippen molar-refractivity contribution in [1.82, 2.24) is 0 Å². The maximum atomic E-state index is 12.1. The van der Waals surface area contributed by atoms with E-state index in [-0.39, 0.29) is 0 Å². The van der Waals surface area contributed by atoms with Gasteiger partial charge in [0.1, 0.15) is 0 Å². The van der Waals surface area contributed by atoms with Crippen LogP contribution in [0.4, 0.5) is 13.2 Å². The quantitative estimate of drug-likeness (QED) is 0.436. The Balaban J connectivity index is 2.96. The fourth-order valence-electron chi connectivity index (χ4n) is 0.990. The van der Waals surface area contributed by atoms with E-state index >= 15 is 0 Å². The molecule has 0 spiro atoms. The Morgan fingerprint density at radius 2 is 2.00 bits per heavy atom. The lowest BCUT2D eigenvalue weighted by molar-refractivity contribution is -0.196. The SMILES string of the molecule is C#CC1CS(=O)(=O)OC1C(F)(F)F. The molecule has 3 nitrogen and oxygen atoms in total. The van der Waals surface area contributed by atoms with Crippen LogP contribution >= 0.6 is 0 Å². The van der Waals surface area contributed by atoms with Gasteiger partial charge in [0, 0.05) is 0 Å². The van der Waals surface area contributed by atoms with Gasteiger partial charge in [-0.1, -0.05) is 5.92 Å². The van der Waals surface area contributed by atoms with E-state index in [9.17, 15) is 21.6 Å². The van der Waals surface area contributed by atoms with Gasteiger partial charge in [0.2, 0.25) is 0 Å². The lowest BCUT2D eigenvalue weighted by Gasteiger charge is -2.14. The third kappa shape index (κ3) is 2.14. The summed E-state index contributed by atoms with van der Waals surface area (Å²) in [6.45, 7) is 0. The molecule has 2 unspecified atom stereocenters. The van der Waals surface area contributed by atoms with E-state index in [2.05, 4.69) is 4.18 Å². The number of alkyl halides is 3. The van der Waals surface area contributed by atoms with Crippen molar-refractivity contribution in [3.05, 3.63) is 0 Å². The highest BCUT2D eigenvalue weighted by atomic mass is 32.2. The minimum atomic E-state index is -4.74. The average Bonchev–Trinajstić information content (AvgIpc) is 2.24. The maximum absolute atomic E-state index is 12.1. The molecule has 1 saturated heterocycles. The first kappa shape index (κ1) is 10.3. The summed E-state index contributed by atoms with van der Waals surface area (Å²) >= 11 is 0. The van der Waals surface area contributed by atoms with Gasteiger partial charge in [-0.15, -0.1) is 6.42 Å². The van der Waals surface area contributed by atoms with Crippen LogP contribution in [0.15, 0.2) is 0 Å². The summed E-state index contributed by atoms with van der Waals surface area (Å²) in [7, 11) is -4.10. The molecule has 0 bridgehead atoms. The normalized spacial score (nSPS) is 32.8. The van der Waals surface area contributed by atoms with E-state index in [4.69, 9.17) is 6.42 Å².